The van der Waals surface area contributed by atoms with E-state index in [0.717, 1.165) is 38.2 Å². The number of carbonyl (C=O) groups excluding carboxylic acids is 1. The van der Waals surface area contributed by atoms with Crippen molar-refractivity contribution in [2.75, 3.05) is 19.6 Å². The normalized spacial score (nSPS) is 27.7. The average molecular weight is 263 g/mol. The summed E-state index contributed by atoms with van der Waals surface area (Å²) < 4.78 is 5.22. The quantitative estimate of drug-likeness (QED) is 0.897. The first-order valence-electron chi connectivity index (χ1n) is 7.17. The summed E-state index contributed by atoms with van der Waals surface area (Å²) in [6, 6.07) is 2.01. The molecule has 1 aliphatic heterocycles. The van der Waals surface area contributed by atoms with Gasteiger partial charge in [-0.2, -0.15) is 0 Å². The Labute approximate surface area is 113 Å². The highest BCUT2D eigenvalue weighted by atomic mass is 16.5. The Balaban J connectivity index is 1.60. The molecule has 1 aliphatic carbocycles. The summed E-state index contributed by atoms with van der Waals surface area (Å²) in [4.78, 5) is 14.5. The van der Waals surface area contributed by atoms with Gasteiger partial charge in [-0.15, -0.1) is 0 Å². The second-order valence-corrected chi connectivity index (χ2v) is 5.80. The smallest absolute Gasteiger partial charge is 0.273 e. The lowest BCUT2D eigenvalue weighted by atomic mass is 10.1. The van der Waals surface area contributed by atoms with Crippen molar-refractivity contribution in [2.24, 2.45) is 5.92 Å². The maximum absolute atomic E-state index is 12.1. The summed E-state index contributed by atoms with van der Waals surface area (Å²) in [5.41, 5.74) is 0.420. The lowest BCUT2D eigenvalue weighted by Gasteiger charge is -2.15. The van der Waals surface area contributed by atoms with Gasteiger partial charge in [-0.3, -0.25) is 4.79 Å². The summed E-state index contributed by atoms with van der Waals surface area (Å²) in [5.74, 6) is 1.74. The molecule has 1 N–H and O–H groups in total. The second-order valence-electron chi connectivity index (χ2n) is 5.80. The van der Waals surface area contributed by atoms with E-state index < -0.39 is 0 Å². The lowest BCUT2D eigenvalue weighted by molar-refractivity contribution is 0.0922. The Kier molecular flexibility index (Phi) is 3.31. The Bertz CT molecular complexity index is 467. The van der Waals surface area contributed by atoms with Crippen LogP contribution in [0.2, 0.25) is 0 Å². The van der Waals surface area contributed by atoms with Crippen LogP contribution in [-0.4, -0.2) is 41.6 Å². The van der Waals surface area contributed by atoms with Gasteiger partial charge in [0.1, 0.15) is 5.76 Å². The van der Waals surface area contributed by atoms with E-state index in [4.69, 9.17) is 4.52 Å². The van der Waals surface area contributed by atoms with Crippen LogP contribution < -0.4 is 5.32 Å². The summed E-state index contributed by atoms with van der Waals surface area (Å²) >= 11 is 0. The van der Waals surface area contributed by atoms with Crippen molar-refractivity contribution in [1.29, 1.82) is 0 Å². The van der Waals surface area contributed by atoms with Crippen LogP contribution in [0.4, 0.5) is 0 Å². The summed E-state index contributed by atoms with van der Waals surface area (Å²) in [5, 5.41) is 6.96. The fraction of sp³-hybridized carbons (Fsp3) is 0.714. The fourth-order valence-electron chi connectivity index (χ4n) is 2.71. The molecule has 2 heterocycles. The zero-order valence-corrected chi connectivity index (χ0v) is 11.6. The first-order chi connectivity index (χ1) is 9.17. The van der Waals surface area contributed by atoms with Gasteiger partial charge in [-0.1, -0.05) is 19.0 Å². The molecule has 3 rings (SSSR count). The number of nitrogens with zero attached hydrogens (tertiary/aromatic N) is 2. The summed E-state index contributed by atoms with van der Waals surface area (Å²) in [7, 11) is 0. The van der Waals surface area contributed by atoms with E-state index in [2.05, 4.69) is 29.2 Å². The van der Waals surface area contributed by atoms with E-state index >= 15 is 0 Å². The van der Waals surface area contributed by atoms with E-state index in [1.807, 2.05) is 0 Å². The zero-order valence-electron chi connectivity index (χ0n) is 11.6. The van der Waals surface area contributed by atoms with E-state index in [0.29, 0.717) is 17.5 Å². The number of hydrogen-bond acceptors (Lipinski definition) is 4. The minimum Gasteiger partial charge on any atom is -0.360 e. The highest BCUT2D eigenvalue weighted by Gasteiger charge is 2.32. The number of likely N-dealkylation sites (tertiary alicyclic amines) is 1. The Morgan fingerprint density at radius 3 is 2.95 bits per heavy atom. The number of carbonyl (C=O) groups is 1. The number of rotatable bonds is 4. The molecule has 1 amide bonds. The molecule has 1 aromatic heterocycles. The molecule has 0 unspecified atom stereocenters. The SMILES string of the molecule is CCN1C[C@H](C)[C@H](NC(=O)c2cc(C3CC3)on2)C1. The van der Waals surface area contributed by atoms with Crippen molar-refractivity contribution in [3.8, 4) is 0 Å². The van der Waals surface area contributed by atoms with Crippen LogP contribution in [0, 0.1) is 5.92 Å². The minimum atomic E-state index is -0.106. The van der Waals surface area contributed by atoms with Gasteiger partial charge in [0, 0.05) is 31.1 Å². The second kappa shape index (κ2) is 4.96. The predicted molar refractivity (Wildman–Crippen MR) is 71.0 cm³/mol. The third-order valence-corrected chi connectivity index (χ3v) is 4.19. The summed E-state index contributed by atoms with van der Waals surface area (Å²) in [6.07, 6.45) is 2.31. The highest BCUT2D eigenvalue weighted by molar-refractivity contribution is 5.92. The Morgan fingerprint density at radius 2 is 2.32 bits per heavy atom. The monoisotopic (exact) mass is 263 g/mol. The molecule has 2 fully saturated rings. The fourth-order valence-corrected chi connectivity index (χ4v) is 2.71. The summed E-state index contributed by atoms with van der Waals surface area (Å²) in [6.45, 7) is 7.34. The average Bonchev–Trinajstić information content (AvgIpc) is 3.02. The molecule has 1 aromatic rings. The van der Waals surface area contributed by atoms with E-state index in [9.17, 15) is 4.79 Å². The molecule has 5 heteroatoms. The van der Waals surface area contributed by atoms with Gasteiger partial charge in [0.15, 0.2) is 5.69 Å². The molecular formula is C14H21N3O2. The van der Waals surface area contributed by atoms with Crippen LogP contribution >= 0.6 is 0 Å². The predicted octanol–water partition coefficient (Wildman–Crippen LogP) is 1.62. The van der Waals surface area contributed by atoms with Gasteiger partial charge in [-0.05, 0) is 25.3 Å². The van der Waals surface area contributed by atoms with Crippen LogP contribution in [0.5, 0.6) is 0 Å². The van der Waals surface area contributed by atoms with Crippen LogP contribution in [0.15, 0.2) is 10.6 Å². The first kappa shape index (κ1) is 12.7. The van der Waals surface area contributed by atoms with Crippen LogP contribution in [0.1, 0.15) is 48.9 Å². The topological polar surface area (TPSA) is 58.4 Å². The van der Waals surface area contributed by atoms with Gasteiger partial charge >= 0.3 is 0 Å². The van der Waals surface area contributed by atoms with Crippen LogP contribution in [-0.2, 0) is 0 Å². The van der Waals surface area contributed by atoms with Crippen molar-refractivity contribution in [2.45, 2.75) is 38.6 Å². The number of hydrogen-bond donors (Lipinski definition) is 1. The standard InChI is InChI=1S/C14H21N3O2/c1-3-17-7-9(2)12(8-17)15-14(18)11-6-13(19-16-11)10-4-5-10/h6,9-10,12H,3-5,7-8H2,1-2H3,(H,15,18)/t9-,12+/m0/s1. The van der Waals surface area contributed by atoms with Gasteiger partial charge < -0.3 is 14.7 Å². The molecule has 2 atom stereocenters. The molecule has 104 valence electrons. The van der Waals surface area contributed by atoms with Crippen molar-refractivity contribution in [1.82, 2.24) is 15.4 Å². The molecule has 1 saturated heterocycles. The third-order valence-electron chi connectivity index (χ3n) is 4.19. The highest BCUT2D eigenvalue weighted by Crippen LogP contribution is 2.40. The minimum absolute atomic E-state index is 0.106. The molecule has 0 aromatic carbocycles. The maximum atomic E-state index is 12.1. The van der Waals surface area contributed by atoms with Crippen molar-refractivity contribution >= 4 is 5.91 Å². The largest absolute Gasteiger partial charge is 0.360 e. The number of likely N-dealkylation sites (N-methyl/N-ethyl adjacent to an activating group) is 1. The third kappa shape index (κ3) is 2.66. The van der Waals surface area contributed by atoms with E-state index in [1.165, 1.54) is 0 Å². The van der Waals surface area contributed by atoms with Crippen LogP contribution in [0.25, 0.3) is 0 Å². The number of amides is 1. The first-order valence-corrected chi connectivity index (χ1v) is 7.17. The van der Waals surface area contributed by atoms with Gasteiger partial charge in [0.05, 0.1) is 0 Å². The van der Waals surface area contributed by atoms with Crippen molar-refractivity contribution < 1.29 is 9.32 Å². The number of aromatic nitrogens is 1. The molecule has 19 heavy (non-hydrogen) atoms. The lowest BCUT2D eigenvalue weighted by Crippen LogP contribution is -2.40. The van der Waals surface area contributed by atoms with E-state index in [-0.39, 0.29) is 11.9 Å². The maximum Gasteiger partial charge on any atom is 0.273 e. The van der Waals surface area contributed by atoms with Gasteiger partial charge in [0.25, 0.3) is 5.91 Å². The van der Waals surface area contributed by atoms with Crippen molar-refractivity contribution in [3.63, 3.8) is 0 Å². The Hall–Kier alpha value is -1.36. The van der Waals surface area contributed by atoms with E-state index in [1.54, 1.807) is 6.07 Å². The number of nitrogens with one attached hydrogen (secondary N) is 1. The molecule has 0 spiro atoms. The molecule has 5 nitrogen and oxygen atoms in total. The van der Waals surface area contributed by atoms with Gasteiger partial charge in [0.2, 0.25) is 0 Å². The molecule has 0 radical (unpaired) electrons. The molecular weight excluding hydrogens is 242 g/mol. The zero-order chi connectivity index (χ0) is 13.4. The van der Waals surface area contributed by atoms with Gasteiger partial charge in [-0.25, -0.2) is 0 Å². The Morgan fingerprint density at radius 1 is 1.53 bits per heavy atom. The molecule has 0 bridgehead atoms. The molecule has 1 saturated carbocycles. The molecule has 2 aliphatic rings. The van der Waals surface area contributed by atoms with Crippen molar-refractivity contribution in [3.05, 3.63) is 17.5 Å². The van der Waals surface area contributed by atoms with Crippen LogP contribution in [0.3, 0.4) is 0 Å².